The number of aliphatic carboxylic acids is 1. The first-order valence-electron chi connectivity index (χ1n) is 4.82. The minimum absolute atomic E-state index is 0.493. The number of rotatable bonds is 1. The molecule has 80 valence electrons. The highest BCUT2D eigenvalue weighted by atomic mass is 16.7. The molecule has 3 aliphatic heterocycles. The van der Waals surface area contributed by atoms with E-state index >= 15 is 0 Å². The van der Waals surface area contributed by atoms with E-state index in [0.29, 0.717) is 11.5 Å². The lowest BCUT2D eigenvalue weighted by molar-refractivity contribution is -0.158. The van der Waals surface area contributed by atoms with Crippen molar-refractivity contribution in [2.75, 3.05) is 0 Å². The summed E-state index contributed by atoms with van der Waals surface area (Å²) in [5, 5.41) is 10.9. The minimum atomic E-state index is -1.30. The minimum Gasteiger partial charge on any atom is -0.476 e. The molecule has 1 N–H and O–H groups in total. The highest BCUT2D eigenvalue weighted by Gasteiger charge is 2.23. The molecule has 0 aromatic heterocycles. The summed E-state index contributed by atoms with van der Waals surface area (Å²) in [5.74, 6) is -0.160. The Hall–Kier alpha value is -2.23. The topological polar surface area (TPSA) is 55.8 Å². The Morgan fingerprint density at radius 3 is 1.94 bits per heavy atom. The predicted molar refractivity (Wildman–Crippen MR) is 56.6 cm³/mol. The molecule has 4 heteroatoms. The Kier molecular flexibility index (Phi) is 1.77. The lowest BCUT2D eigenvalue weighted by atomic mass is 10.1. The molecule has 0 aliphatic carbocycles. The van der Waals surface area contributed by atoms with E-state index in [4.69, 9.17) is 14.6 Å². The lowest BCUT2D eigenvalue weighted by Gasteiger charge is -2.14. The highest BCUT2D eigenvalue weighted by molar-refractivity contribution is 5.85. The first kappa shape index (κ1) is 9.03. The van der Waals surface area contributed by atoms with Gasteiger partial charge >= 0.3 is 12.3 Å². The van der Waals surface area contributed by atoms with Crippen molar-refractivity contribution in [1.82, 2.24) is 0 Å². The van der Waals surface area contributed by atoms with Crippen LogP contribution in [0.5, 0.6) is 11.5 Å². The molecule has 0 radical (unpaired) electrons. The first-order valence-corrected chi connectivity index (χ1v) is 4.82. The fraction of sp³-hybridized carbons (Fsp3) is 0.0833. The van der Waals surface area contributed by atoms with Gasteiger partial charge in [0.2, 0.25) is 0 Å². The van der Waals surface area contributed by atoms with Crippen LogP contribution in [0.25, 0.3) is 10.8 Å². The Morgan fingerprint density at radius 2 is 1.50 bits per heavy atom. The van der Waals surface area contributed by atoms with Crippen LogP contribution in [0.2, 0.25) is 0 Å². The Morgan fingerprint density at radius 1 is 1.00 bits per heavy atom. The molecule has 0 fully saturated rings. The van der Waals surface area contributed by atoms with Crippen LogP contribution < -0.4 is 9.47 Å². The molecule has 0 atom stereocenters. The molecular formula is C12H8O4. The van der Waals surface area contributed by atoms with Crippen LogP contribution in [0.1, 0.15) is 0 Å². The molecule has 3 heterocycles. The SMILES string of the molecule is O=C(O)C1Oc2ccc3cc(ccc3c2)O1. The second kappa shape index (κ2) is 3.13. The maximum Gasteiger partial charge on any atom is 0.387 e. The van der Waals surface area contributed by atoms with Gasteiger partial charge in [-0.3, -0.25) is 0 Å². The molecule has 2 aromatic carbocycles. The van der Waals surface area contributed by atoms with Crippen LogP contribution in [0.4, 0.5) is 0 Å². The quantitative estimate of drug-likeness (QED) is 0.792. The smallest absolute Gasteiger partial charge is 0.387 e. The van der Waals surface area contributed by atoms with E-state index in [2.05, 4.69) is 0 Å². The lowest BCUT2D eigenvalue weighted by Crippen LogP contribution is -2.32. The molecule has 3 aliphatic rings. The monoisotopic (exact) mass is 216 g/mol. The van der Waals surface area contributed by atoms with Crippen LogP contribution in [0.3, 0.4) is 0 Å². The summed E-state index contributed by atoms with van der Waals surface area (Å²) in [6.07, 6.45) is -1.30. The molecule has 4 bridgehead atoms. The van der Waals surface area contributed by atoms with Crippen LogP contribution in [0.15, 0.2) is 36.4 Å². The van der Waals surface area contributed by atoms with Crippen LogP contribution >= 0.6 is 0 Å². The van der Waals surface area contributed by atoms with Crippen molar-refractivity contribution in [3.05, 3.63) is 36.4 Å². The van der Waals surface area contributed by atoms with Crippen molar-refractivity contribution in [3.8, 4) is 11.5 Å². The van der Waals surface area contributed by atoms with Crippen molar-refractivity contribution in [2.45, 2.75) is 6.29 Å². The van der Waals surface area contributed by atoms with E-state index < -0.39 is 12.3 Å². The van der Waals surface area contributed by atoms with Crippen molar-refractivity contribution < 1.29 is 19.4 Å². The van der Waals surface area contributed by atoms with Gasteiger partial charge in [0.25, 0.3) is 0 Å². The first-order chi connectivity index (χ1) is 7.72. The summed E-state index contributed by atoms with van der Waals surface area (Å²) < 4.78 is 10.5. The number of benzene rings is 2. The molecule has 0 amide bonds. The number of carboxylic acid groups (broad SMARTS) is 1. The Balaban J connectivity index is 2.22. The fourth-order valence-electron chi connectivity index (χ4n) is 1.72. The van der Waals surface area contributed by atoms with E-state index in [1.54, 1.807) is 24.3 Å². The number of hydrogen-bond acceptors (Lipinski definition) is 3. The summed E-state index contributed by atoms with van der Waals surface area (Å²) in [6, 6.07) is 10.8. The van der Waals surface area contributed by atoms with E-state index in [1.165, 1.54) is 0 Å². The summed E-state index contributed by atoms with van der Waals surface area (Å²) in [5.41, 5.74) is 0. The van der Waals surface area contributed by atoms with Gasteiger partial charge in [-0.15, -0.1) is 0 Å². The average molecular weight is 216 g/mol. The Bertz CT molecular complexity index is 531. The standard InChI is InChI=1S/C12H8O4/c13-11(14)12-15-9-3-1-7-5-10(16-12)4-2-8(7)6-9/h1-6,12H,(H,13,14). The van der Waals surface area contributed by atoms with Gasteiger partial charge in [-0.25, -0.2) is 4.79 Å². The van der Waals surface area contributed by atoms with Gasteiger partial charge in [0.05, 0.1) is 0 Å². The van der Waals surface area contributed by atoms with Gasteiger partial charge in [0, 0.05) is 0 Å². The fourth-order valence-corrected chi connectivity index (χ4v) is 1.72. The molecule has 16 heavy (non-hydrogen) atoms. The zero-order valence-electron chi connectivity index (χ0n) is 8.21. The van der Waals surface area contributed by atoms with Crippen LogP contribution in [0, 0.1) is 0 Å². The summed E-state index contributed by atoms with van der Waals surface area (Å²) >= 11 is 0. The second-order valence-corrected chi connectivity index (χ2v) is 3.58. The summed E-state index contributed by atoms with van der Waals surface area (Å²) in [4.78, 5) is 10.9. The van der Waals surface area contributed by atoms with Gasteiger partial charge < -0.3 is 14.6 Å². The van der Waals surface area contributed by atoms with Gasteiger partial charge in [-0.2, -0.15) is 0 Å². The van der Waals surface area contributed by atoms with E-state index in [0.717, 1.165) is 10.8 Å². The molecule has 4 nitrogen and oxygen atoms in total. The predicted octanol–water partition coefficient (Wildman–Crippen LogP) is 2.02. The zero-order chi connectivity index (χ0) is 11.1. The number of ether oxygens (including phenoxy) is 2. The summed E-state index contributed by atoms with van der Waals surface area (Å²) in [7, 11) is 0. The van der Waals surface area contributed by atoms with Gasteiger partial charge in [0.15, 0.2) is 0 Å². The summed E-state index contributed by atoms with van der Waals surface area (Å²) in [6.45, 7) is 0. The van der Waals surface area contributed by atoms with Crippen molar-refractivity contribution in [1.29, 1.82) is 0 Å². The third-order valence-electron chi connectivity index (χ3n) is 2.47. The van der Waals surface area contributed by atoms with Crippen molar-refractivity contribution >= 4 is 16.7 Å². The molecule has 0 saturated carbocycles. The molecule has 0 spiro atoms. The maximum atomic E-state index is 10.9. The van der Waals surface area contributed by atoms with Crippen molar-refractivity contribution in [2.24, 2.45) is 0 Å². The highest BCUT2D eigenvalue weighted by Crippen LogP contribution is 2.28. The normalized spacial score (nSPS) is 14.2. The maximum absolute atomic E-state index is 10.9. The number of fused-ring (bicyclic) bond motifs is 2. The van der Waals surface area contributed by atoms with E-state index in [9.17, 15) is 4.79 Å². The van der Waals surface area contributed by atoms with Gasteiger partial charge in [0.1, 0.15) is 11.5 Å². The third kappa shape index (κ3) is 1.35. The van der Waals surface area contributed by atoms with Gasteiger partial charge in [-0.1, -0.05) is 12.1 Å². The average Bonchev–Trinajstić information content (AvgIpc) is 2.43. The Labute approximate surface area is 91.0 Å². The number of carboxylic acids is 1. The molecule has 0 unspecified atom stereocenters. The van der Waals surface area contributed by atoms with E-state index in [-0.39, 0.29) is 0 Å². The number of hydrogen-bond donors (Lipinski definition) is 1. The molecule has 0 saturated heterocycles. The number of carbonyl (C=O) groups is 1. The zero-order valence-corrected chi connectivity index (χ0v) is 8.21. The van der Waals surface area contributed by atoms with Crippen molar-refractivity contribution in [3.63, 3.8) is 0 Å². The molecular weight excluding hydrogens is 208 g/mol. The van der Waals surface area contributed by atoms with Crippen LogP contribution in [-0.2, 0) is 4.79 Å². The largest absolute Gasteiger partial charge is 0.476 e. The van der Waals surface area contributed by atoms with E-state index in [1.807, 2.05) is 12.1 Å². The second-order valence-electron chi connectivity index (χ2n) is 3.58. The van der Waals surface area contributed by atoms with Gasteiger partial charge in [-0.05, 0) is 35.0 Å². The third-order valence-corrected chi connectivity index (χ3v) is 2.47. The molecule has 5 rings (SSSR count). The van der Waals surface area contributed by atoms with Crippen LogP contribution in [-0.4, -0.2) is 17.4 Å². The molecule has 2 aromatic rings.